The molecule has 17 rings (SSSR count). The molecular formula is C108H140N20O8. The number of carbonyl (C=O) groups excluding carboxylic acids is 6. The number of amides is 6. The van der Waals surface area contributed by atoms with Gasteiger partial charge in [0.25, 0.3) is 0 Å². The molecule has 4 fully saturated rings. The fourth-order valence-electron chi connectivity index (χ4n) is 17.1. The highest BCUT2D eigenvalue weighted by molar-refractivity contribution is 5.98. The van der Waals surface area contributed by atoms with Crippen molar-refractivity contribution >= 4 is 143 Å². The third kappa shape index (κ3) is 26.1. The maximum absolute atomic E-state index is 12.4. The Labute approximate surface area is 800 Å². The van der Waals surface area contributed by atoms with E-state index in [0.717, 1.165) is 121 Å². The second kappa shape index (κ2) is 44.9. The van der Waals surface area contributed by atoms with Gasteiger partial charge in [-0.2, -0.15) is 5.26 Å². The van der Waals surface area contributed by atoms with Crippen LogP contribution in [0.15, 0.2) is 152 Å². The lowest BCUT2D eigenvalue weighted by Gasteiger charge is -2.29. The zero-order chi connectivity index (χ0) is 98.2. The first-order valence-electron chi connectivity index (χ1n) is 48.4. The van der Waals surface area contributed by atoms with E-state index in [2.05, 4.69) is 146 Å². The molecule has 0 bridgehead atoms. The molecule has 0 saturated heterocycles. The highest BCUT2D eigenvalue weighted by atomic mass is 16.5. The molecule has 0 unspecified atom stereocenters. The van der Waals surface area contributed by atoms with E-state index in [1.807, 2.05) is 226 Å². The van der Waals surface area contributed by atoms with Crippen molar-refractivity contribution in [2.75, 3.05) is 46.1 Å². The molecule has 0 aliphatic heterocycles. The summed E-state index contributed by atoms with van der Waals surface area (Å²) in [5, 5.41) is 27.1. The highest BCUT2D eigenvalue weighted by Gasteiger charge is 2.33. The summed E-state index contributed by atoms with van der Waals surface area (Å²) >= 11 is 0. The minimum atomic E-state index is -0.0662. The molecule has 136 heavy (non-hydrogen) atoms. The van der Waals surface area contributed by atoms with Crippen LogP contribution in [0.5, 0.6) is 11.5 Å². The first kappa shape index (κ1) is 102. The van der Waals surface area contributed by atoms with E-state index < -0.39 is 0 Å². The summed E-state index contributed by atoms with van der Waals surface area (Å²) in [5.41, 5.74) is 13.2. The summed E-state index contributed by atoms with van der Waals surface area (Å²) in [6.45, 7) is 46.1. The molecule has 4 saturated carbocycles. The van der Waals surface area contributed by atoms with Gasteiger partial charge >= 0.3 is 0 Å². The second-order valence-corrected chi connectivity index (χ2v) is 41.5. The normalized spacial score (nSPS) is 14.5. The van der Waals surface area contributed by atoms with Gasteiger partial charge in [-0.15, -0.1) is 0 Å². The van der Waals surface area contributed by atoms with Crippen molar-refractivity contribution in [3.8, 4) is 23.3 Å². The van der Waals surface area contributed by atoms with E-state index >= 15 is 0 Å². The van der Waals surface area contributed by atoms with Crippen LogP contribution in [0.4, 0.5) is 41.4 Å². The number of imidazole rings is 6. The summed E-state index contributed by atoms with van der Waals surface area (Å²) in [5.74, 6) is 6.51. The quantitative estimate of drug-likeness (QED) is 0.0306. The van der Waals surface area contributed by atoms with Crippen molar-refractivity contribution in [2.24, 2.45) is 45.8 Å². The number of rotatable bonds is 24. The highest BCUT2D eigenvalue weighted by Crippen LogP contribution is 2.43. The average Bonchev–Trinajstić information content (AvgIpc) is 1.65. The Morgan fingerprint density at radius 1 is 0.404 bits per heavy atom. The zero-order valence-corrected chi connectivity index (χ0v) is 83.5. The summed E-state index contributed by atoms with van der Waals surface area (Å²) < 4.78 is 23.1. The molecule has 2 atom stereocenters. The first-order chi connectivity index (χ1) is 64.7. The summed E-state index contributed by atoms with van der Waals surface area (Å²) in [6.07, 6.45) is 18.5. The van der Waals surface area contributed by atoms with E-state index in [4.69, 9.17) is 21.3 Å². The van der Waals surface area contributed by atoms with E-state index in [1.54, 1.807) is 26.4 Å². The largest absolute Gasteiger partial charge is 0.497 e. The van der Waals surface area contributed by atoms with Crippen LogP contribution in [0.1, 0.15) is 283 Å². The molecule has 6 heterocycles. The molecule has 0 spiro atoms. The monoisotopic (exact) mass is 1850 g/mol. The van der Waals surface area contributed by atoms with Crippen LogP contribution in [0.2, 0.25) is 0 Å². The summed E-state index contributed by atoms with van der Waals surface area (Å²) in [6, 6.07) is 52.2. The third-order valence-electron chi connectivity index (χ3n) is 25.6. The lowest BCUT2D eigenvalue weighted by atomic mass is 9.92. The molecule has 28 heteroatoms. The van der Waals surface area contributed by atoms with Crippen molar-refractivity contribution < 1.29 is 38.2 Å². The fourth-order valence-corrected chi connectivity index (χ4v) is 17.1. The predicted octanol–water partition coefficient (Wildman–Crippen LogP) is 25.5. The van der Waals surface area contributed by atoms with Crippen molar-refractivity contribution in [3.05, 3.63) is 169 Å². The molecule has 4 aliphatic rings. The molecule has 28 nitrogen and oxygen atoms in total. The summed E-state index contributed by atoms with van der Waals surface area (Å²) in [4.78, 5) is 105. The van der Waals surface area contributed by atoms with Gasteiger partial charge in [0.05, 0.1) is 98.6 Å². The number of hydrogen-bond acceptors (Lipinski definition) is 15. The number of hydrogen-bond donors (Lipinski definition) is 6. The van der Waals surface area contributed by atoms with Crippen molar-refractivity contribution in [3.63, 3.8) is 0 Å². The SMILES string of the molecule is CC(C)(C)CC(=O)Nc1nc2ccc(C#N)cc2n1C1CCC1.CC(C)(C)CC(=O)Nc1nc2ccccc2n1-c1ccccc1.CC(C)(C)CC(=O)Nc1nc2ccccc2n1C1CCC1.COc1ccc2nc(NC(=O)CCC3CCCC3)n(C(C)C)c2c1.COc1ccc2nc(NC(=O)[C@@H](C)C(C)C)n(C(C)C)c2c1.[C-]#[N+]c1ccc2nc(NC(=O)[C@@H](C)C(C)C)n(C3CCC3)c2c1. The lowest BCUT2D eigenvalue weighted by molar-refractivity contribution is -0.121. The molecule has 4 aliphatic carbocycles. The maximum Gasteiger partial charge on any atom is 0.229 e. The van der Waals surface area contributed by atoms with E-state index in [0.29, 0.717) is 90.7 Å². The predicted molar refractivity (Wildman–Crippen MR) is 546 cm³/mol. The zero-order valence-electron chi connectivity index (χ0n) is 83.5. The van der Waals surface area contributed by atoms with Crippen LogP contribution in [-0.2, 0) is 28.8 Å². The molecular weight excluding hydrogens is 1710 g/mol. The van der Waals surface area contributed by atoms with Crippen LogP contribution >= 0.6 is 0 Å². The van der Waals surface area contributed by atoms with Gasteiger partial charge in [0.15, 0.2) is 5.69 Å². The molecule has 6 aromatic heterocycles. The number of nitrogens with zero attached hydrogens (tertiary/aromatic N) is 14. The van der Waals surface area contributed by atoms with Crippen LogP contribution in [0.25, 0.3) is 76.7 Å². The smallest absolute Gasteiger partial charge is 0.229 e. The van der Waals surface area contributed by atoms with Gasteiger partial charge in [0.1, 0.15) is 11.5 Å². The van der Waals surface area contributed by atoms with E-state index in [9.17, 15) is 28.8 Å². The number of benzene rings is 7. The Bertz CT molecular complexity index is 6440. The van der Waals surface area contributed by atoms with Gasteiger partial charge in [-0.1, -0.05) is 178 Å². The van der Waals surface area contributed by atoms with Gasteiger partial charge in [-0.05, 0) is 217 Å². The Kier molecular flexibility index (Phi) is 33.6. The molecule has 720 valence electrons. The van der Waals surface area contributed by atoms with Crippen molar-refractivity contribution in [1.29, 1.82) is 5.26 Å². The van der Waals surface area contributed by atoms with Crippen molar-refractivity contribution in [1.82, 2.24) is 57.3 Å². The van der Waals surface area contributed by atoms with Gasteiger partial charge in [0.2, 0.25) is 71.1 Å². The second-order valence-electron chi connectivity index (χ2n) is 41.5. The number of para-hydroxylation sites is 5. The fraction of sp³-hybridized carbons (Fsp3) is 0.481. The summed E-state index contributed by atoms with van der Waals surface area (Å²) in [7, 11) is 3.30. The number of fused-ring (bicyclic) bond motifs is 6. The van der Waals surface area contributed by atoms with Gasteiger partial charge in [-0.3, -0.25) is 65.2 Å². The van der Waals surface area contributed by atoms with Crippen LogP contribution < -0.4 is 41.4 Å². The molecule has 7 aromatic carbocycles. The minimum absolute atomic E-state index is 0.000767. The topological polar surface area (TPSA) is 328 Å². The number of methoxy groups -OCH3 is 2. The van der Waals surface area contributed by atoms with Gasteiger partial charge < -0.3 is 32.3 Å². The number of carbonyl (C=O) groups is 6. The lowest BCUT2D eigenvalue weighted by Crippen LogP contribution is -2.27. The Morgan fingerprint density at radius 3 is 1.19 bits per heavy atom. The van der Waals surface area contributed by atoms with E-state index in [1.165, 1.54) is 57.8 Å². The van der Waals surface area contributed by atoms with Crippen LogP contribution in [0, 0.1) is 63.7 Å². The Morgan fingerprint density at radius 2 is 0.765 bits per heavy atom. The molecule has 13 aromatic rings. The van der Waals surface area contributed by atoms with Gasteiger partial charge in [0, 0.05) is 85.5 Å². The number of ether oxygens (including phenoxy) is 2. The molecule has 0 radical (unpaired) electrons. The number of nitriles is 1. The van der Waals surface area contributed by atoms with E-state index in [-0.39, 0.29) is 87.4 Å². The minimum Gasteiger partial charge on any atom is -0.497 e. The number of aromatic nitrogens is 12. The third-order valence-corrected chi connectivity index (χ3v) is 25.6. The first-order valence-corrected chi connectivity index (χ1v) is 48.4. The number of nitrogens with one attached hydrogen (secondary N) is 6. The van der Waals surface area contributed by atoms with Crippen LogP contribution in [0.3, 0.4) is 0 Å². The van der Waals surface area contributed by atoms with Gasteiger partial charge in [-0.25, -0.2) is 34.7 Å². The number of anilines is 6. The maximum atomic E-state index is 12.4. The average molecular weight is 1850 g/mol. The Balaban J connectivity index is 0.000000147. The Hall–Kier alpha value is -13.2. The van der Waals surface area contributed by atoms with Crippen LogP contribution in [-0.4, -0.2) is 107 Å². The van der Waals surface area contributed by atoms with Crippen molar-refractivity contribution in [2.45, 2.75) is 277 Å². The molecule has 6 N–H and O–H groups in total. The standard InChI is InChI=1S/C19H27N3O2.C19H21N3O.2C18H22N4O.C17H25N3O2.C17H23N3O/c1-13(2)22-17-12-15(24-3)9-10-16(17)20-19(22)21-18(23)11-8-14-6-4-5-7-14;1-19(2,3)13-17(23)21-18-20-15-11-7-8-12-16(15)22(18)14-9-5-4-6-10-14;1-11(2)12(3)17(23)21-18-20-15-9-8-13(19-4)10-16(15)22(18)14-6-5-7-14;1-18(2,3)10-16(23)21-17-20-14-8-7-12(11-19)9-15(14)22(17)13-5-4-6-13;1-10(2)12(5)16(21)19-17-18-14-8-7-13(22-6)9-15(14)20(17)11(3)4;1-17(2,3)11-15(21)19-16-18-13-9-4-5-10-14(13)20(16)12-7-6-8-12/h9-10,12-14H,4-8,11H2,1-3H3,(H,20,21,23);4-12H,13H2,1-3H3,(H,20,21,23);8-12,14H,5-7H2,1-3H3,(H,20,21,23);7-9,13H,4-6,10H2,1-3H3,(H,20,21,23);7-12H,1-6H3,(H,18,19,21);4-5,9-10,12H,6-8,11H2,1-3H3,(H,18,19,21)/t;;12-;;12-;/m..0.0./s1. The molecule has 6 amide bonds.